The highest BCUT2D eigenvalue weighted by Crippen LogP contribution is 2.41. The molecule has 1 fully saturated rings. The molecule has 0 aromatic rings. The van der Waals surface area contributed by atoms with Crippen LogP contribution in [0.3, 0.4) is 0 Å². The van der Waals surface area contributed by atoms with E-state index in [9.17, 15) is 4.79 Å². The molecule has 4 atom stereocenters. The van der Waals surface area contributed by atoms with Gasteiger partial charge in [0.25, 0.3) is 0 Å². The van der Waals surface area contributed by atoms with Gasteiger partial charge in [-0.05, 0) is 37.0 Å². The third kappa shape index (κ3) is 4.33. The maximum Gasteiger partial charge on any atom is 0.229 e. The van der Waals surface area contributed by atoms with Crippen molar-refractivity contribution in [2.45, 2.75) is 100 Å². The molecule has 4 unspecified atom stereocenters. The largest absolute Gasteiger partial charge is 0.371 e. The number of ether oxygens (including phenoxy) is 1. The smallest absolute Gasteiger partial charge is 0.229 e. The molecule has 1 heterocycles. The Kier molecular flexibility index (Phi) is 6.94. The molecule has 3 nitrogen and oxygen atoms in total. The van der Waals surface area contributed by atoms with Crippen LogP contribution in [-0.2, 0) is 9.53 Å². The Labute approximate surface area is 150 Å². The van der Waals surface area contributed by atoms with Crippen molar-refractivity contribution in [1.29, 1.82) is 0 Å². The summed E-state index contributed by atoms with van der Waals surface area (Å²) < 4.78 is 6.74. The molecule has 0 aromatic heterocycles. The molecule has 0 bridgehead atoms. The second-order valence-electron chi connectivity index (χ2n) is 9.97. The second kappa shape index (κ2) is 7.76. The maximum atomic E-state index is 13.7. The minimum Gasteiger partial charge on any atom is -0.371 e. The molecule has 1 rings (SSSR count). The summed E-state index contributed by atoms with van der Waals surface area (Å²) in [6.45, 7) is 24.0. The second-order valence-corrected chi connectivity index (χ2v) is 9.97. The van der Waals surface area contributed by atoms with E-state index in [0.717, 1.165) is 0 Å². The summed E-state index contributed by atoms with van der Waals surface area (Å²) in [4.78, 5) is 15.8. The standard InChI is InChI=1S/C21H41NO2/c1-12(2)17-19(14(5)6)24-18(13(3)4)16(21(9,10)11)20(23)22(17)15(7)8/h12-19H,1-11H3. The summed E-state index contributed by atoms with van der Waals surface area (Å²) in [7, 11) is 0. The highest BCUT2D eigenvalue weighted by Gasteiger charge is 2.50. The molecule has 1 aliphatic rings. The van der Waals surface area contributed by atoms with Crippen LogP contribution in [0.25, 0.3) is 0 Å². The van der Waals surface area contributed by atoms with Gasteiger partial charge < -0.3 is 9.64 Å². The van der Waals surface area contributed by atoms with Crippen LogP contribution in [0.4, 0.5) is 0 Å². The van der Waals surface area contributed by atoms with Gasteiger partial charge in [0.1, 0.15) is 0 Å². The van der Waals surface area contributed by atoms with E-state index < -0.39 is 0 Å². The van der Waals surface area contributed by atoms with Crippen LogP contribution in [0.2, 0.25) is 0 Å². The van der Waals surface area contributed by atoms with Crippen LogP contribution in [-0.4, -0.2) is 35.1 Å². The van der Waals surface area contributed by atoms with Crippen molar-refractivity contribution in [1.82, 2.24) is 4.90 Å². The van der Waals surface area contributed by atoms with Crippen molar-refractivity contribution >= 4 is 5.91 Å². The molecule has 1 saturated heterocycles. The lowest BCUT2D eigenvalue weighted by atomic mass is 9.73. The summed E-state index contributed by atoms with van der Waals surface area (Å²) in [6.07, 6.45) is 0.0472. The summed E-state index contributed by atoms with van der Waals surface area (Å²) in [6, 6.07) is 0.316. The monoisotopic (exact) mass is 339 g/mol. The molecule has 0 spiro atoms. The van der Waals surface area contributed by atoms with Crippen molar-refractivity contribution in [2.24, 2.45) is 29.1 Å². The summed E-state index contributed by atoms with van der Waals surface area (Å²) in [5, 5.41) is 0. The highest BCUT2D eigenvalue weighted by atomic mass is 16.5. The molecule has 142 valence electrons. The molecule has 24 heavy (non-hydrogen) atoms. The first-order valence-corrected chi connectivity index (χ1v) is 9.78. The SMILES string of the molecule is CC(C)C1OC(C(C)C)C(C(C)(C)C)C(=O)N(C(C)C)C1C(C)C. The Morgan fingerprint density at radius 1 is 0.833 bits per heavy atom. The van der Waals surface area contributed by atoms with Crippen molar-refractivity contribution in [3.05, 3.63) is 0 Å². The maximum absolute atomic E-state index is 13.7. The van der Waals surface area contributed by atoms with E-state index >= 15 is 0 Å². The molecule has 0 radical (unpaired) electrons. The lowest BCUT2D eigenvalue weighted by Gasteiger charge is -2.42. The van der Waals surface area contributed by atoms with Gasteiger partial charge in [0.15, 0.2) is 0 Å². The van der Waals surface area contributed by atoms with Crippen LogP contribution in [0.5, 0.6) is 0 Å². The average molecular weight is 340 g/mol. The summed E-state index contributed by atoms with van der Waals surface area (Å²) >= 11 is 0. The van der Waals surface area contributed by atoms with Crippen LogP contribution in [0.15, 0.2) is 0 Å². The molecule has 0 aliphatic carbocycles. The number of amides is 1. The number of carbonyl (C=O) groups is 1. The zero-order chi connectivity index (χ0) is 19.0. The fourth-order valence-corrected chi connectivity index (χ4v) is 4.20. The van der Waals surface area contributed by atoms with Crippen molar-refractivity contribution < 1.29 is 9.53 Å². The number of rotatable bonds is 4. The topological polar surface area (TPSA) is 29.5 Å². The molecule has 3 heteroatoms. The van der Waals surface area contributed by atoms with E-state index in [4.69, 9.17) is 4.74 Å². The fraction of sp³-hybridized carbons (Fsp3) is 0.952. The predicted octanol–water partition coefficient (Wildman–Crippen LogP) is 4.99. The summed E-state index contributed by atoms with van der Waals surface area (Å²) in [5.74, 6) is 1.24. The van der Waals surface area contributed by atoms with E-state index in [0.29, 0.717) is 17.8 Å². The zero-order valence-corrected chi connectivity index (χ0v) is 17.9. The van der Waals surface area contributed by atoms with Crippen molar-refractivity contribution in [3.63, 3.8) is 0 Å². The molecular weight excluding hydrogens is 298 g/mol. The average Bonchev–Trinajstić information content (AvgIpc) is 2.51. The zero-order valence-electron chi connectivity index (χ0n) is 17.9. The van der Waals surface area contributed by atoms with Gasteiger partial charge in [0.2, 0.25) is 5.91 Å². The van der Waals surface area contributed by atoms with Gasteiger partial charge in [0, 0.05) is 6.04 Å². The summed E-state index contributed by atoms with van der Waals surface area (Å²) in [5.41, 5.74) is -0.118. The van der Waals surface area contributed by atoms with E-state index in [1.807, 2.05) is 0 Å². The van der Waals surface area contributed by atoms with E-state index in [1.54, 1.807) is 0 Å². The fourth-order valence-electron chi connectivity index (χ4n) is 4.20. The first-order chi connectivity index (χ1) is 10.8. The van der Waals surface area contributed by atoms with Gasteiger partial charge in [-0.3, -0.25) is 4.79 Å². The van der Waals surface area contributed by atoms with Gasteiger partial charge in [-0.1, -0.05) is 62.3 Å². The van der Waals surface area contributed by atoms with Gasteiger partial charge in [-0.25, -0.2) is 0 Å². The number of hydrogen-bond donors (Lipinski definition) is 0. The Morgan fingerprint density at radius 2 is 1.29 bits per heavy atom. The Balaban J connectivity index is 3.55. The van der Waals surface area contributed by atoms with Crippen LogP contribution in [0, 0.1) is 29.1 Å². The molecule has 0 N–H and O–H groups in total. The van der Waals surface area contributed by atoms with E-state index in [1.165, 1.54) is 0 Å². The minimum absolute atomic E-state index is 0.0325. The molecule has 1 aliphatic heterocycles. The molecule has 1 amide bonds. The Bertz CT molecular complexity index is 420. The Hall–Kier alpha value is -0.570. The van der Waals surface area contributed by atoms with E-state index in [2.05, 4.69) is 81.1 Å². The Morgan fingerprint density at radius 3 is 1.58 bits per heavy atom. The van der Waals surface area contributed by atoms with E-state index in [-0.39, 0.29) is 41.5 Å². The lowest BCUT2D eigenvalue weighted by Crippen LogP contribution is -2.55. The first-order valence-electron chi connectivity index (χ1n) is 9.78. The first kappa shape index (κ1) is 21.5. The molecule has 0 aromatic carbocycles. The predicted molar refractivity (Wildman–Crippen MR) is 102 cm³/mol. The highest BCUT2D eigenvalue weighted by molar-refractivity contribution is 5.81. The van der Waals surface area contributed by atoms with Crippen LogP contribution >= 0.6 is 0 Å². The van der Waals surface area contributed by atoms with Gasteiger partial charge in [-0.15, -0.1) is 0 Å². The number of nitrogens with zero attached hydrogens (tertiary/aromatic N) is 1. The minimum atomic E-state index is -0.118. The molecular formula is C21H41NO2. The van der Waals surface area contributed by atoms with Crippen LogP contribution < -0.4 is 0 Å². The lowest BCUT2D eigenvalue weighted by molar-refractivity contribution is -0.146. The quantitative estimate of drug-likeness (QED) is 0.722. The third-order valence-electron chi connectivity index (χ3n) is 5.31. The van der Waals surface area contributed by atoms with Gasteiger partial charge in [0.05, 0.1) is 24.2 Å². The van der Waals surface area contributed by atoms with Crippen LogP contribution in [0.1, 0.15) is 76.2 Å². The van der Waals surface area contributed by atoms with Gasteiger partial charge in [-0.2, -0.15) is 0 Å². The number of carbonyl (C=O) groups excluding carboxylic acids is 1. The van der Waals surface area contributed by atoms with Crippen molar-refractivity contribution in [2.75, 3.05) is 0 Å². The normalized spacial score (nSPS) is 30.0. The van der Waals surface area contributed by atoms with Gasteiger partial charge >= 0.3 is 0 Å². The third-order valence-corrected chi connectivity index (χ3v) is 5.31. The van der Waals surface area contributed by atoms with Crippen molar-refractivity contribution in [3.8, 4) is 0 Å². The molecule has 0 saturated carbocycles. The number of hydrogen-bond acceptors (Lipinski definition) is 2.